The van der Waals surface area contributed by atoms with Crippen molar-refractivity contribution >= 4 is 12.2 Å². The minimum absolute atomic E-state index is 0.00734. The Labute approximate surface area is 105 Å². The molecule has 0 bridgehead atoms. The van der Waals surface area contributed by atoms with Crippen molar-refractivity contribution in [1.29, 1.82) is 0 Å². The van der Waals surface area contributed by atoms with E-state index in [2.05, 4.69) is 4.98 Å². The summed E-state index contributed by atoms with van der Waals surface area (Å²) in [7, 11) is 0. The van der Waals surface area contributed by atoms with E-state index in [0.717, 1.165) is 12.1 Å². The van der Waals surface area contributed by atoms with Crippen LogP contribution >= 0.6 is 12.2 Å². The first-order valence-electron chi connectivity index (χ1n) is 4.94. The van der Waals surface area contributed by atoms with Crippen LogP contribution in [0.4, 0.5) is 17.6 Å². The van der Waals surface area contributed by atoms with Crippen molar-refractivity contribution in [3.05, 3.63) is 52.4 Å². The van der Waals surface area contributed by atoms with Crippen LogP contribution in [0.1, 0.15) is 5.56 Å². The highest BCUT2D eigenvalue weighted by Gasteiger charge is 2.31. The predicted octanol–water partition coefficient (Wildman–Crippen LogP) is 4.57. The van der Waals surface area contributed by atoms with Gasteiger partial charge in [-0.25, -0.2) is 4.39 Å². The topological polar surface area (TPSA) is 15.8 Å². The average molecular weight is 273 g/mol. The summed E-state index contributed by atoms with van der Waals surface area (Å²) < 4.78 is 51.2. The summed E-state index contributed by atoms with van der Waals surface area (Å²) in [6.07, 6.45) is -4.51. The zero-order valence-corrected chi connectivity index (χ0v) is 9.70. The van der Waals surface area contributed by atoms with E-state index in [4.69, 9.17) is 12.2 Å². The summed E-state index contributed by atoms with van der Waals surface area (Å²) >= 11 is 4.72. The number of pyridine rings is 1. The molecular weight excluding hydrogens is 266 g/mol. The number of hydrogen-bond acceptors (Lipinski definition) is 1. The Balaban J connectivity index is 2.63. The summed E-state index contributed by atoms with van der Waals surface area (Å²) in [4.78, 5) is 2.55. The zero-order chi connectivity index (χ0) is 13.3. The van der Waals surface area contributed by atoms with Crippen LogP contribution in [0, 0.1) is 10.5 Å². The first-order chi connectivity index (χ1) is 8.38. The number of benzene rings is 1. The molecule has 0 saturated heterocycles. The van der Waals surface area contributed by atoms with E-state index in [1.54, 1.807) is 0 Å². The monoisotopic (exact) mass is 273 g/mol. The van der Waals surface area contributed by atoms with E-state index in [1.807, 2.05) is 0 Å². The normalized spacial score (nSPS) is 11.6. The maximum atomic E-state index is 13.5. The van der Waals surface area contributed by atoms with Crippen molar-refractivity contribution < 1.29 is 17.6 Å². The minimum atomic E-state index is -4.51. The Hall–Kier alpha value is -1.69. The van der Waals surface area contributed by atoms with Gasteiger partial charge in [-0.15, -0.1) is 0 Å². The molecule has 18 heavy (non-hydrogen) atoms. The van der Waals surface area contributed by atoms with Gasteiger partial charge in [0.25, 0.3) is 0 Å². The molecule has 2 aromatic rings. The van der Waals surface area contributed by atoms with Gasteiger partial charge in [-0.05, 0) is 24.3 Å². The lowest BCUT2D eigenvalue weighted by atomic mass is 10.1. The van der Waals surface area contributed by atoms with Gasteiger partial charge in [0.15, 0.2) is 0 Å². The lowest BCUT2D eigenvalue weighted by Gasteiger charge is -2.09. The van der Waals surface area contributed by atoms with Crippen LogP contribution in [0.5, 0.6) is 0 Å². The molecule has 0 fully saturated rings. The summed E-state index contributed by atoms with van der Waals surface area (Å²) in [6.45, 7) is 0. The number of hydrogen-bond donors (Lipinski definition) is 1. The smallest absolute Gasteiger partial charge is 0.346 e. The molecule has 0 saturated carbocycles. The fourth-order valence-corrected chi connectivity index (χ4v) is 1.77. The van der Waals surface area contributed by atoms with Gasteiger partial charge in [0.1, 0.15) is 10.5 Å². The van der Waals surface area contributed by atoms with Gasteiger partial charge in [-0.1, -0.05) is 24.4 Å². The molecule has 0 aliphatic carbocycles. The second-order valence-corrected chi connectivity index (χ2v) is 4.06. The Morgan fingerprint density at radius 2 is 1.72 bits per heavy atom. The first kappa shape index (κ1) is 12.8. The average Bonchev–Trinajstić information content (AvgIpc) is 2.27. The molecule has 1 N–H and O–H groups in total. The Bertz CT molecular complexity index is 630. The molecule has 1 heterocycles. The number of aromatic nitrogens is 1. The Kier molecular flexibility index (Phi) is 3.21. The SMILES string of the molecule is Fc1ccccc1-c1cc(C(F)(F)F)cc(=S)[nH]1. The molecule has 2 rings (SSSR count). The van der Waals surface area contributed by atoms with E-state index in [9.17, 15) is 17.6 Å². The molecule has 1 aromatic heterocycles. The quantitative estimate of drug-likeness (QED) is 0.594. The van der Waals surface area contributed by atoms with Crippen LogP contribution < -0.4 is 0 Å². The third-order valence-corrected chi connectivity index (χ3v) is 2.56. The fourth-order valence-electron chi connectivity index (χ4n) is 1.53. The highest BCUT2D eigenvalue weighted by Crippen LogP contribution is 2.32. The number of halogens is 4. The third-order valence-electron chi connectivity index (χ3n) is 2.34. The maximum Gasteiger partial charge on any atom is 0.416 e. The van der Waals surface area contributed by atoms with Gasteiger partial charge < -0.3 is 4.98 Å². The highest BCUT2D eigenvalue weighted by molar-refractivity contribution is 7.71. The van der Waals surface area contributed by atoms with Gasteiger partial charge >= 0.3 is 6.18 Å². The summed E-state index contributed by atoms with van der Waals surface area (Å²) in [6, 6.07) is 7.20. The van der Waals surface area contributed by atoms with Crippen molar-refractivity contribution in [3.63, 3.8) is 0 Å². The number of nitrogens with one attached hydrogen (secondary N) is 1. The molecule has 0 radical (unpaired) electrons. The molecule has 0 amide bonds. The van der Waals surface area contributed by atoms with E-state index in [1.165, 1.54) is 24.3 Å². The van der Waals surface area contributed by atoms with Gasteiger partial charge in [-0.3, -0.25) is 0 Å². The van der Waals surface area contributed by atoms with Crippen molar-refractivity contribution in [3.8, 4) is 11.3 Å². The van der Waals surface area contributed by atoms with E-state index in [0.29, 0.717) is 0 Å². The van der Waals surface area contributed by atoms with Gasteiger partial charge in [0.05, 0.1) is 5.56 Å². The molecule has 1 aromatic carbocycles. The van der Waals surface area contributed by atoms with E-state index >= 15 is 0 Å². The lowest BCUT2D eigenvalue weighted by molar-refractivity contribution is -0.137. The number of alkyl halides is 3. The van der Waals surface area contributed by atoms with Crippen LogP contribution in [-0.4, -0.2) is 4.98 Å². The predicted molar refractivity (Wildman–Crippen MR) is 62.0 cm³/mol. The number of rotatable bonds is 1. The van der Waals surface area contributed by atoms with Gasteiger partial charge in [0, 0.05) is 11.3 Å². The van der Waals surface area contributed by atoms with Crippen LogP contribution in [0.2, 0.25) is 0 Å². The molecule has 0 aliphatic heterocycles. The molecule has 0 atom stereocenters. The van der Waals surface area contributed by atoms with Crippen LogP contribution in [0.15, 0.2) is 36.4 Å². The molecule has 0 aliphatic rings. The summed E-state index contributed by atoms with van der Waals surface area (Å²) in [5.74, 6) is -0.609. The largest absolute Gasteiger partial charge is 0.416 e. The molecule has 0 unspecified atom stereocenters. The minimum Gasteiger partial charge on any atom is -0.346 e. The second kappa shape index (κ2) is 4.53. The highest BCUT2D eigenvalue weighted by atomic mass is 32.1. The zero-order valence-electron chi connectivity index (χ0n) is 8.88. The summed E-state index contributed by atoms with van der Waals surface area (Å²) in [5.41, 5.74) is -0.841. The molecular formula is C12H7F4NS. The fraction of sp³-hybridized carbons (Fsp3) is 0.0833. The van der Waals surface area contributed by atoms with Crippen molar-refractivity contribution in [2.24, 2.45) is 0 Å². The van der Waals surface area contributed by atoms with Crippen LogP contribution in [0.3, 0.4) is 0 Å². The Morgan fingerprint density at radius 3 is 2.33 bits per heavy atom. The van der Waals surface area contributed by atoms with Crippen LogP contribution in [0.25, 0.3) is 11.3 Å². The number of aromatic amines is 1. The summed E-state index contributed by atoms with van der Waals surface area (Å²) in [5, 5.41) is 0. The second-order valence-electron chi connectivity index (χ2n) is 3.62. The van der Waals surface area contributed by atoms with Crippen LogP contribution in [-0.2, 0) is 6.18 Å². The maximum absolute atomic E-state index is 13.5. The third kappa shape index (κ3) is 2.59. The molecule has 6 heteroatoms. The lowest BCUT2D eigenvalue weighted by Crippen LogP contribution is -2.06. The Morgan fingerprint density at radius 1 is 1.06 bits per heavy atom. The molecule has 94 valence electrons. The van der Waals surface area contributed by atoms with E-state index < -0.39 is 17.6 Å². The van der Waals surface area contributed by atoms with Crippen molar-refractivity contribution in [1.82, 2.24) is 4.98 Å². The first-order valence-corrected chi connectivity index (χ1v) is 5.35. The number of H-pyrrole nitrogens is 1. The van der Waals surface area contributed by atoms with Crippen molar-refractivity contribution in [2.45, 2.75) is 6.18 Å². The van der Waals surface area contributed by atoms with Gasteiger partial charge in [-0.2, -0.15) is 13.2 Å². The molecule has 0 spiro atoms. The molecule has 1 nitrogen and oxygen atoms in total. The standard InChI is InChI=1S/C12H7F4NS/c13-9-4-2-1-3-8(9)10-5-7(12(14,15)16)6-11(18)17-10/h1-6H,(H,17,18). The van der Waals surface area contributed by atoms with Crippen molar-refractivity contribution in [2.75, 3.05) is 0 Å². The van der Waals surface area contributed by atoms with E-state index in [-0.39, 0.29) is 15.9 Å². The van der Waals surface area contributed by atoms with Gasteiger partial charge in [0.2, 0.25) is 0 Å².